The van der Waals surface area contributed by atoms with Crippen LogP contribution in [0.3, 0.4) is 0 Å². The standard InChI is InChI=1S/C23H19FN2O3/c1-29-20-13-11-19(12-14-20)25-23(28)21(15-16-7-9-18(24)10-8-16)26-22(27)17-5-3-2-4-6-17/h2-15H,1H3,(H,25,28)(H,26,27). The van der Waals surface area contributed by atoms with Crippen molar-refractivity contribution in [2.24, 2.45) is 0 Å². The number of methoxy groups -OCH3 is 1. The molecule has 0 saturated heterocycles. The van der Waals surface area contributed by atoms with Crippen molar-refractivity contribution in [3.63, 3.8) is 0 Å². The number of hydrogen-bond donors (Lipinski definition) is 2. The normalized spacial score (nSPS) is 10.9. The average molecular weight is 390 g/mol. The number of carbonyl (C=O) groups excluding carboxylic acids is 2. The van der Waals surface area contributed by atoms with E-state index in [4.69, 9.17) is 4.74 Å². The van der Waals surface area contributed by atoms with Crippen LogP contribution in [0.2, 0.25) is 0 Å². The van der Waals surface area contributed by atoms with E-state index in [0.29, 0.717) is 22.6 Å². The van der Waals surface area contributed by atoms with Crippen molar-refractivity contribution in [1.82, 2.24) is 5.32 Å². The number of benzene rings is 3. The first kappa shape index (κ1) is 19.8. The highest BCUT2D eigenvalue weighted by atomic mass is 19.1. The largest absolute Gasteiger partial charge is 0.497 e. The molecule has 0 fully saturated rings. The molecule has 0 aliphatic carbocycles. The van der Waals surface area contributed by atoms with Crippen LogP contribution in [0.15, 0.2) is 84.6 Å². The Morgan fingerprint density at radius 1 is 0.897 bits per heavy atom. The first-order chi connectivity index (χ1) is 14.0. The van der Waals surface area contributed by atoms with E-state index in [2.05, 4.69) is 10.6 Å². The number of hydrogen-bond acceptors (Lipinski definition) is 3. The zero-order chi connectivity index (χ0) is 20.6. The lowest BCUT2D eigenvalue weighted by Gasteiger charge is -2.12. The number of halogens is 1. The molecule has 0 heterocycles. The van der Waals surface area contributed by atoms with Crippen molar-refractivity contribution in [2.45, 2.75) is 0 Å². The van der Waals surface area contributed by atoms with Gasteiger partial charge in [-0.2, -0.15) is 0 Å². The second kappa shape index (κ2) is 9.32. The summed E-state index contributed by atoms with van der Waals surface area (Å²) in [4.78, 5) is 25.3. The molecule has 0 aliphatic heterocycles. The second-order valence-corrected chi connectivity index (χ2v) is 6.11. The minimum atomic E-state index is -0.510. The van der Waals surface area contributed by atoms with Crippen LogP contribution >= 0.6 is 0 Å². The lowest BCUT2D eigenvalue weighted by atomic mass is 10.1. The van der Waals surface area contributed by atoms with E-state index in [-0.39, 0.29) is 11.5 Å². The molecule has 2 N–H and O–H groups in total. The molecular weight excluding hydrogens is 371 g/mol. The maximum atomic E-state index is 13.2. The zero-order valence-corrected chi connectivity index (χ0v) is 15.7. The van der Waals surface area contributed by atoms with Crippen LogP contribution in [0.5, 0.6) is 5.75 Å². The molecule has 0 aliphatic rings. The van der Waals surface area contributed by atoms with Crippen molar-refractivity contribution in [2.75, 3.05) is 12.4 Å². The Morgan fingerprint density at radius 3 is 2.17 bits per heavy atom. The molecule has 0 unspecified atom stereocenters. The molecular formula is C23H19FN2O3. The number of carbonyl (C=O) groups is 2. The van der Waals surface area contributed by atoms with Gasteiger partial charge >= 0.3 is 0 Å². The smallest absolute Gasteiger partial charge is 0.272 e. The Hall–Kier alpha value is -3.93. The van der Waals surface area contributed by atoms with Crippen LogP contribution in [-0.4, -0.2) is 18.9 Å². The molecule has 0 radical (unpaired) electrons. The van der Waals surface area contributed by atoms with E-state index in [9.17, 15) is 14.0 Å². The first-order valence-electron chi connectivity index (χ1n) is 8.84. The molecule has 3 aromatic rings. The van der Waals surface area contributed by atoms with Gasteiger partial charge in [-0.05, 0) is 60.2 Å². The summed E-state index contributed by atoms with van der Waals surface area (Å²) in [5.41, 5.74) is 1.55. The maximum Gasteiger partial charge on any atom is 0.272 e. The van der Waals surface area contributed by atoms with E-state index < -0.39 is 11.8 Å². The van der Waals surface area contributed by atoms with Crippen LogP contribution in [0.25, 0.3) is 6.08 Å². The zero-order valence-electron chi connectivity index (χ0n) is 15.7. The van der Waals surface area contributed by atoms with E-state index in [1.807, 2.05) is 0 Å². The van der Waals surface area contributed by atoms with Gasteiger partial charge in [0.1, 0.15) is 17.3 Å². The van der Waals surface area contributed by atoms with Crippen LogP contribution in [0.1, 0.15) is 15.9 Å². The molecule has 146 valence electrons. The van der Waals surface area contributed by atoms with Gasteiger partial charge in [-0.1, -0.05) is 30.3 Å². The van der Waals surface area contributed by atoms with Gasteiger partial charge < -0.3 is 15.4 Å². The van der Waals surface area contributed by atoms with Crippen molar-refractivity contribution < 1.29 is 18.7 Å². The number of amides is 2. The quantitative estimate of drug-likeness (QED) is 0.619. The summed E-state index contributed by atoms with van der Waals surface area (Å²) in [6, 6.07) is 20.9. The summed E-state index contributed by atoms with van der Waals surface area (Å²) in [6.45, 7) is 0. The Kier molecular flexibility index (Phi) is 6.37. The highest BCUT2D eigenvalue weighted by molar-refractivity contribution is 6.10. The molecule has 0 saturated carbocycles. The van der Waals surface area contributed by atoms with Gasteiger partial charge in [-0.15, -0.1) is 0 Å². The average Bonchev–Trinajstić information content (AvgIpc) is 2.76. The highest BCUT2D eigenvalue weighted by Gasteiger charge is 2.15. The minimum Gasteiger partial charge on any atom is -0.497 e. The predicted octanol–water partition coefficient (Wildman–Crippen LogP) is 4.24. The molecule has 29 heavy (non-hydrogen) atoms. The molecule has 3 rings (SSSR count). The third kappa shape index (κ3) is 5.52. The van der Waals surface area contributed by atoms with Crippen molar-refractivity contribution in [1.29, 1.82) is 0 Å². The highest BCUT2D eigenvalue weighted by Crippen LogP contribution is 2.16. The van der Waals surface area contributed by atoms with Crippen molar-refractivity contribution in [3.8, 4) is 5.75 Å². The van der Waals surface area contributed by atoms with Crippen LogP contribution in [0.4, 0.5) is 10.1 Å². The number of anilines is 1. The second-order valence-electron chi connectivity index (χ2n) is 6.11. The van der Waals surface area contributed by atoms with Gasteiger partial charge in [0.2, 0.25) is 0 Å². The summed E-state index contributed by atoms with van der Waals surface area (Å²) >= 11 is 0. The molecule has 3 aromatic carbocycles. The number of nitrogens with one attached hydrogen (secondary N) is 2. The monoisotopic (exact) mass is 390 g/mol. The Morgan fingerprint density at radius 2 is 1.55 bits per heavy atom. The van der Waals surface area contributed by atoms with Gasteiger partial charge in [0.25, 0.3) is 11.8 Å². The minimum absolute atomic E-state index is 0.0290. The van der Waals surface area contributed by atoms with Crippen LogP contribution in [0, 0.1) is 5.82 Å². The number of ether oxygens (including phenoxy) is 1. The van der Waals surface area contributed by atoms with Gasteiger partial charge in [0.15, 0.2) is 0 Å². The van der Waals surface area contributed by atoms with Crippen molar-refractivity contribution in [3.05, 3.63) is 102 Å². The predicted molar refractivity (Wildman–Crippen MR) is 110 cm³/mol. The molecule has 0 bridgehead atoms. The fourth-order valence-corrected chi connectivity index (χ4v) is 2.54. The van der Waals surface area contributed by atoms with Gasteiger partial charge in [-0.3, -0.25) is 9.59 Å². The summed E-state index contributed by atoms with van der Waals surface area (Å²) < 4.78 is 18.3. The van der Waals surface area contributed by atoms with Gasteiger partial charge in [0, 0.05) is 11.3 Å². The lowest BCUT2D eigenvalue weighted by molar-refractivity contribution is -0.113. The third-order valence-electron chi connectivity index (χ3n) is 4.06. The molecule has 0 spiro atoms. The fraction of sp³-hybridized carbons (Fsp3) is 0.0435. The number of rotatable bonds is 6. The molecule has 0 atom stereocenters. The molecule has 5 nitrogen and oxygen atoms in total. The Labute approximate surface area is 167 Å². The Balaban J connectivity index is 1.85. The molecule has 0 aromatic heterocycles. The topological polar surface area (TPSA) is 67.4 Å². The summed E-state index contributed by atoms with van der Waals surface area (Å²) in [7, 11) is 1.55. The van der Waals surface area contributed by atoms with E-state index in [0.717, 1.165) is 0 Å². The summed E-state index contributed by atoms with van der Waals surface area (Å²) in [5.74, 6) is -0.672. The van der Waals surface area contributed by atoms with E-state index >= 15 is 0 Å². The van der Waals surface area contributed by atoms with Gasteiger partial charge in [0.05, 0.1) is 7.11 Å². The maximum absolute atomic E-state index is 13.2. The third-order valence-corrected chi connectivity index (χ3v) is 4.06. The molecule has 6 heteroatoms. The van der Waals surface area contributed by atoms with E-state index in [1.54, 1.807) is 61.7 Å². The van der Waals surface area contributed by atoms with E-state index in [1.165, 1.54) is 30.3 Å². The molecule has 2 amide bonds. The van der Waals surface area contributed by atoms with Crippen LogP contribution < -0.4 is 15.4 Å². The summed E-state index contributed by atoms with van der Waals surface area (Å²) in [5, 5.41) is 5.36. The lowest BCUT2D eigenvalue weighted by Crippen LogP contribution is -2.30. The first-order valence-corrected chi connectivity index (χ1v) is 8.84. The van der Waals surface area contributed by atoms with Gasteiger partial charge in [-0.25, -0.2) is 4.39 Å². The summed E-state index contributed by atoms with van der Waals surface area (Å²) in [6.07, 6.45) is 1.49. The SMILES string of the molecule is COc1ccc(NC(=O)C(=Cc2ccc(F)cc2)NC(=O)c2ccccc2)cc1. The van der Waals surface area contributed by atoms with Crippen molar-refractivity contribution >= 4 is 23.6 Å². The Bertz CT molecular complexity index is 1010. The fourth-order valence-electron chi connectivity index (χ4n) is 2.54. The van der Waals surface area contributed by atoms with Crippen LogP contribution in [-0.2, 0) is 4.79 Å².